The Balaban J connectivity index is 2.01. The van der Waals surface area contributed by atoms with Crippen molar-refractivity contribution in [3.05, 3.63) is 0 Å². The van der Waals surface area contributed by atoms with Crippen LogP contribution < -0.4 is 5.73 Å². The Bertz CT molecular complexity index is 168. The van der Waals surface area contributed by atoms with Gasteiger partial charge in [0.15, 0.2) is 0 Å². The van der Waals surface area contributed by atoms with E-state index in [9.17, 15) is 0 Å². The van der Waals surface area contributed by atoms with Gasteiger partial charge in [0.05, 0.1) is 13.2 Å². The van der Waals surface area contributed by atoms with Gasteiger partial charge >= 0.3 is 0 Å². The summed E-state index contributed by atoms with van der Waals surface area (Å²) in [6.45, 7) is 5.87. The van der Waals surface area contributed by atoms with E-state index in [4.69, 9.17) is 10.5 Å². The number of nitrogens with zero attached hydrogens (tertiary/aromatic N) is 1. The fourth-order valence-electron chi connectivity index (χ4n) is 2.18. The van der Waals surface area contributed by atoms with Gasteiger partial charge in [-0.2, -0.15) is 0 Å². The summed E-state index contributed by atoms with van der Waals surface area (Å²) in [6.07, 6.45) is 2.57. The van der Waals surface area contributed by atoms with Crippen molar-refractivity contribution in [2.45, 2.75) is 31.3 Å². The maximum absolute atomic E-state index is 5.78. The first-order valence-electron chi connectivity index (χ1n) is 4.83. The SMILES string of the molecule is CC1COCCN1C1(CN)CC1. The molecule has 3 nitrogen and oxygen atoms in total. The van der Waals surface area contributed by atoms with Crippen LogP contribution in [0.3, 0.4) is 0 Å². The van der Waals surface area contributed by atoms with Crippen LogP contribution in [0.15, 0.2) is 0 Å². The van der Waals surface area contributed by atoms with Crippen molar-refractivity contribution in [1.29, 1.82) is 0 Å². The molecule has 1 saturated carbocycles. The highest BCUT2D eigenvalue weighted by atomic mass is 16.5. The lowest BCUT2D eigenvalue weighted by Gasteiger charge is -2.39. The van der Waals surface area contributed by atoms with Crippen molar-refractivity contribution in [2.75, 3.05) is 26.3 Å². The van der Waals surface area contributed by atoms with E-state index in [0.29, 0.717) is 11.6 Å². The molecule has 0 aromatic rings. The normalized spacial score (nSPS) is 35.0. The lowest BCUT2D eigenvalue weighted by Crippen LogP contribution is -2.53. The minimum atomic E-state index is 0.364. The van der Waals surface area contributed by atoms with E-state index in [-0.39, 0.29) is 0 Å². The van der Waals surface area contributed by atoms with Crippen LogP contribution in [0.5, 0.6) is 0 Å². The van der Waals surface area contributed by atoms with Crippen molar-refractivity contribution in [3.63, 3.8) is 0 Å². The Morgan fingerprint density at radius 1 is 1.58 bits per heavy atom. The second kappa shape index (κ2) is 2.98. The largest absolute Gasteiger partial charge is 0.379 e. The van der Waals surface area contributed by atoms with Gasteiger partial charge in [0.1, 0.15) is 0 Å². The zero-order valence-electron chi connectivity index (χ0n) is 7.75. The summed E-state index contributed by atoms with van der Waals surface area (Å²) >= 11 is 0. The van der Waals surface area contributed by atoms with Crippen LogP contribution in [-0.4, -0.2) is 42.8 Å². The van der Waals surface area contributed by atoms with Crippen LogP contribution in [0.25, 0.3) is 0 Å². The molecule has 12 heavy (non-hydrogen) atoms. The summed E-state index contributed by atoms with van der Waals surface area (Å²) in [6, 6.07) is 0.560. The van der Waals surface area contributed by atoms with Crippen molar-refractivity contribution in [3.8, 4) is 0 Å². The van der Waals surface area contributed by atoms with Gasteiger partial charge in [0.2, 0.25) is 0 Å². The number of ether oxygens (including phenoxy) is 1. The zero-order chi connectivity index (χ0) is 8.60. The van der Waals surface area contributed by atoms with Crippen LogP contribution >= 0.6 is 0 Å². The summed E-state index contributed by atoms with van der Waals surface area (Å²) in [7, 11) is 0. The van der Waals surface area contributed by atoms with Crippen molar-refractivity contribution in [2.24, 2.45) is 5.73 Å². The van der Waals surface area contributed by atoms with Crippen LogP contribution in [0.4, 0.5) is 0 Å². The first kappa shape index (κ1) is 8.48. The van der Waals surface area contributed by atoms with E-state index >= 15 is 0 Å². The monoisotopic (exact) mass is 170 g/mol. The summed E-state index contributed by atoms with van der Waals surface area (Å²) in [5.74, 6) is 0. The van der Waals surface area contributed by atoms with E-state index in [1.807, 2.05) is 0 Å². The number of morpholine rings is 1. The molecular formula is C9H18N2O. The van der Waals surface area contributed by atoms with Crippen LogP contribution in [0, 0.1) is 0 Å². The highest BCUT2D eigenvalue weighted by molar-refractivity contribution is 5.06. The molecule has 1 unspecified atom stereocenters. The molecule has 1 aliphatic heterocycles. The Morgan fingerprint density at radius 3 is 2.83 bits per heavy atom. The molecule has 1 heterocycles. The summed E-state index contributed by atoms with van der Waals surface area (Å²) in [4.78, 5) is 2.54. The summed E-state index contributed by atoms with van der Waals surface area (Å²) < 4.78 is 5.40. The second-order valence-corrected chi connectivity index (χ2v) is 4.05. The molecule has 1 atom stereocenters. The van der Waals surface area contributed by atoms with Gasteiger partial charge in [-0.1, -0.05) is 0 Å². The molecule has 2 N–H and O–H groups in total. The molecule has 0 radical (unpaired) electrons. The molecule has 0 amide bonds. The van der Waals surface area contributed by atoms with Gasteiger partial charge in [0.25, 0.3) is 0 Å². The molecule has 0 aromatic heterocycles. The van der Waals surface area contributed by atoms with Crippen molar-refractivity contribution in [1.82, 2.24) is 4.90 Å². The van der Waals surface area contributed by atoms with Crippen molar-refractivity contribution < 1.29 is 4.74 Å². The number of hydrogen-bond donors (Lipinski definition) is 1. The Kier molecular flexibility index (Phi) is 2.10. The zero-order valence-corrected chi connectivity index (χ0v) is 7.75. The average Bonchev–Trinajstić information content (AvgIpc) is 2.86. The number of nitrogens with two attached hydrogens (primary N) is 1. The predicted octanol–water partition coefficient (Wildman–Crippen LogP) is 0.198. The maximum atomic E-state index is 5.78. The van der Waals surface area contributed by atoms with Crippen LogP contribution in [-0.2, 0) is 4.74 Å². The van der Waals surface area contributed by atoms with Gasteiger partial charge in [-0.25, -0.2) is 0 Å². The van der Waals surface area contributed by atoms with Gasteiger partial charge in [-0.3, -0.25) is 4.90 Å². The fraction of sp³-hybridized carbons (Fsp3) is 1.00. The van der Waals surface area contributed by atoms with Crippen molar-refractivity contribution >= 4 is 0 Å². The molecule has 0 spiro atoms. The van der Waals surface area contributed by atoms with Crippen LogP contribution in [0.2, 0.25) is 0 Å². The molecule has 2 fully saturated rings. The first-order chi connectivity index (χ1) is 5.78. The van der Waals surface area contributed by atoms with Crippen LogP contribution in [0.1, 0.15) is 19.8 Å². The Labute approximate surface area is 73.9 Å². The van der Waals surface area contributed by atoms with E-state index in [1.165, 1.54) is 12.8 Å². The molecular weight excluding hydrogens is 152 g/mol. The second-order valence-electron chi connectivity index (χ2n) is 4.05. The third kappa shape index (κ3) is 1.26. The fourth-order valence-corrected chi connectivity index (χ4v) is 2.18. The standard InChI is InChI=1S/C9H18N2O/c1-8-6-12-5-4-11(8)9(7-10)2-3-9/h8H,2-7,10H2,1H3. The summed E-state index contributed by atoms with van der Waals surface area (Å²) in [5, 5.41) is 0. The minimum Gasteiger partial charge on any atom is -0.379 e. The first-order valence-corrected chi connectivity index (χ1v) is 4.83. The molecule has 0 bridgehead atoms. The lowest BCUT2D eigenvalue weighted by molar-refractivity contribution is -0.0271. The molecule has 2 aliphatic rings. The Morgan fingerprint density at radius 2 is 2.33 bits per heavy atom. The highest BCUT2D eigenvalue weighted by Crippen LogP contribution is 2.42. The van der Waals surface area contributed by atoms with Gasteiger partial charge in [0, 0.05) is 24.7 Å². The quantitative estimate of drug-likeness (QED) is 0.643. The Hall–Kier alpha value is -0.120. The van der Waals surface area contributed by atoms with E-state index < -0.39 is 0 Å². The topological polar surface area (TPSA) is 38.5 Å². The molecule has 1 aliphatic carbocycles. The molecule has 1 saturated heterocycles. The summed E-state index contributed by atoms with van der Waals surface area (Å²) in [5.41, 5.74) is 6.14. The lowest BCUT2D eigenvalue weighted by atomic mass is 10.1. The predicted molar refractivity (Wildman–Crippen MR) is 48.0 cm³/mol. The highest BCUT2D eigenvalue weighted by Gasteiger charge is 2.48. The van der Waals surface area contributed by atoms with E-state index in [0.717, 1.165) is 26.3 Å². The number of rotatable bonds is 2. The van der Waals surface area contributed by atoms with Gasteiger partial charge < -0.3 is 10.5 Å². The minimum absolute atomic E-state index is 0.364. The average molecular weight is 170 g/mol. The van der Waals surface area contributed by atoms with E-state index in [1.54, 1.807) is 0 Å². The molecule has 0 aromatic carbocycles. The molecule has 70 valence electrons. The maximum Gasteiger partial charge on any atom is 0.0620 e. The number of hydrogen-bond acceptors (Lipinski definition) is 3. The third-order valence-corrected chi connectivity index (χ3v) is 3.18. The smallest absolute Gasteiger partial charge is 0.0620 e. The van der Waals surface area contributed by atoms with Gasteiger partial charge in [-0.15, -0.1) is 0 Å². The molecule has 3 heteroatoms. The third-order valence-electron chi connectivity index (χ3n) is 3.18. The van der Waals surface area contributed by atoms with E-state index in [2.05, 4.69) is 11.8 Å². The van der Waals surface area contributed by atoms with Gasteiger partial charge in [-0.05, 0) is 19.8 Å². The molecule has 2 rings (SSSR count).